The van der Waals surface area contributed by atoms with Crippen LogP contribution in [0.5, 0.6) is 0 Å². The summed E-state index contributed by atoms with van der Waals surface area (Å²) in [6.45, 7) is 1.65. The summed E-state index contributed by atoms with van der Waals surface area (Å²) in [5.41, 5.74) is 5.69. The minimum atomic E-state index is -0.0958. The number of H-pyrrole nitrogens is 1. The molecule has 128 valence electrons. The van der Waals surface area contributed by atoms with Crippen molar-refractivity contribution in [2.75, 3.05) is 11.9 Å². The van der Waals surface area contributed by atoms with Crippen molar-refractivity contribution in [1.29, 1.82) is 0 Å². The van der Waals surface area contributed by atoms with Crippen molar-refractivity contribution in [1.82, 2.24) is 19.9 Å². The van der Waals surface area contributed by atoms with Crippen LogP contribution < -0.4 is 5.32 Å². The van der Waals surface area contributed by atoms with Gasteiger partial charge in [-0.05, 0) is 31.5 Å². The number of carbonyl (C=O) groups excluding carboxylic acids is 1. The lowest BCUT2D eigenvalue weighted by atomic mass is 10.1. The molecule has 0 spiro atoms. The lowest BCUT2D eigenvalue weighted by Gasteiger charge is -2.23. The number of nitrogens with one attached hydrogen (secondary N) is 2. The maximum absolute atomic E-state index is 12.7. The summed E-state index contributed by atoms with van der Waals surface area (Å²) in [4.78, 5) is 26.3. The van der Waals surface area contributed by atoms with E-state index in [1.807, 2.05) is 41.4 Å². The lowest BCUT2D eigenvalue weighted by molar-refractivity contribution is -0.120. The predicted molar refractivity (Wildman–Crippen MR) is 98.2 cm³/mol. The molecule has 0 saturated carbocycles. The normalized spacial score (nSPS) is 17.7. The van der Waals surface area contributed by atoms with Gasteiger partial charge >= 0.3 is 0 Å². The third kappa shape index (κ3) is 3.62. The van der Waals surface area contributed by atoms with Gasteiger partial charge in [-0.15, -0.1) is 11.3 Å². The molecule has 0 unspecified atom stereocenters. The number of hydrogen-bond donors (Lipinski definition) is 2. The van der Waals surface area contributed by atoms with Crippen molar-refractivity contribution in [2.24, 2.45) is 0 Å². The van der Waals surface area contributed by atoms with Crippen molar-refractivity contribution < 1.29 is 4.79 Å². The first-order valence-corrected chi connectivity index (χ1v) is 9.25. The van der Waals surface area contributed by atoms with E-state index in [9.17, 15) is 4.79 Å². The molecule has 0 bridgehead atoms. The molecule has 1 aromatic carbocycles. The molecule has 1 amide bonds. The second-order valence-corrected chi connectivity index (χ2v) is 6.86. The number of hydrogen-bond acceptors (Lipinski definition) is 5. The number of imidazole rings is 1. The number of amides is 1. The average Bonchev–Trinajstić information content (AvgIpc) is 3.39. The predicted octanol–water partition coefficient (Wildman–Crippen LogP) is 3.14. The quantitative estimate of drug-likeness (QED) is 0.739. The number of benzene rings is 1. The third-order valence-corrected chi connectivity index (χ3v) is 5.06. The Morgan fingerprint density at radius 1 is 1.36 bits per heavy atom. The maximum Gasteiger partial charge on any atom is 0.241 e. The molecule has 1 aliphatic rings. The molecule has 3 heterocycles. The highest BCUT2D eigenvalue weighted by Crippen LogP contribution is 2.23. The van der Waals surface area contributed by atoms with E-state index in [2.05, 4.69) is 25.2 Å². The molecule has 2 N–H and O–H groups in total. The van der Waals surface area contributed by atoms with Crippen LogP contribution in [0.2, 0.25) is 0 Å². The number of aromatic amines is 1. The molecular weight excluding hydrogens is 334 g/mol. The van der Waals surface area contributed by atoms with Crippen molar-refractivity contribution in [3.8, 4) is 11.3 Å². The van der Waals surface area contributed by atoms with Crippen LogP contribution in [-0.4, -0.2) is 38.3 Å². The molecular formula is C18H19N5OS. The zero-order valence-corrected chi connectivity index (χ0v) is 14.5. The molecule has 7 heteroatoms. The van der Waals surface area contributed by atoms with Crippen LogP contribution in [0.1, 0.15) is 18.5 Å². The summed E-state index contributed by atoms with van der Waals surface area (Å²) in [6, 6.07) is 7.74. The summed E-state index contributed by atoms with van der Waals surface area (Å²) in [6.07, 6.45) is 5.40. The molecule has 0 aliphatic carbocycles. The third-order valence-electron chi connectivity index (χ3n) is 4.48. The molecule has 1 saturated heterocycles. The van der Waals surface area contributed by atoms with Gasteiger partial charge in [0.15, 0.2) is 0 Å². The first-order valence-electron chi connectivity index (χ1n) is 8.30. The second-order valence-electron chi connectivity index (χ2n) is 6.15. The van der Waals surface area contributed by atoms with Crippen LogP contribution in [-0.2, 0) is 11.3 Å². The number of aromatic nitrogens is 3. The van der Waals surface area contributed by atoms with Crippen LogP contribution in [0.15, 0.2) is 47.7 Å². The largest absolute Gasteiger partial charge is 0.347 e. The Bertz CT molecular complexity index is 814. The van der Waals surface area contributed by atoms with E-state index in [1.165, 1.54) is 0 Å². The van der Waals surface area contributed by atoms with Crippen molar-refractivity contribution in [3.05, 3.63) is 53.4 Å². The minimum absolute atomic E-state index is 0.0541. The van der Waals surface area contributed by atoms with Crippen LogP contribution in [0.3, 0.4) is 0 Å². The van der Waals surface area contributed by atoms with E-state index in [4.69, 9.17) is 0 Å². The van der Waals surface area contributed by atoms with Crippen molar-refractivity contribution in [3.63, 3.8) is 0 Å². The van der Waals surface area contributed by atoms with E-state index >= 15 is 0 Å². The highest BCUT2D eigenvalue weighted by molar-refractivity contribution is 7.07. The fourth-order valence-electron chi connectivity index (χ4n) is 3.21. The van der Waals surface area contributed by atoms with Crippen LogP contribution >= 0.6 is 11.3 Å². The Morgan fingerprint density at radius 2 is 2.24 bits per heavy atom. The molecule has 3 aromatic rings. The van der Waals surface area contributed by atoms with Gasteiger partial charge in [-0.3, -0.25) is 9.69 Å². The summed E-state index contributed by atoms with van der Waals surface area (Å²) < 4.78 is 0. The van der Waals surface area contributed by atoms with Crippen LogP contribution in [0.4, 0.5) is 5.69 Å². The van der Waals surface area contributed by atoms with E-state index in [1.54, 1.807) is 17.7 Å². The van der Waals surface area contributed by atoms with Gasteiger partial charge in [0.05, 0.1) is 23.6 Å². The zero-order chi connectivity index (χ0) is 17.1. The van der Waals surface area contributed by atoms with E-state index in [-0.39, 0.29) is 11.9 Å². The van der Waals surface area contributed by atoms with Crippen molar-refractivity contribution >= 4 is 22.9 Å². The number of nitrogens with zero attached hydrogens (tertiary/aromatic N) is 3. The lowest BCUT2D eigenvalue weighted by Crippen LogP contribution is -2.39. The fraction of sp³-hybridized carbons (Fsp3) is 0.278. The smallest absolute Gasteiger partial charge is 0.241 e. The number of thiazole rings is 1. The van der Waals surface area contributed by atoms with Gasteiger partial charge in [0.1, 0.15) is 0 Å². The first-order chi connectivity index (χ1) is 12.3. The first kappa shape index (κ1) is 16.0. The average molecular weight is 353 g/mol. The van der Waals surface area contributed by atoms with Crippen LogP contribution in [0, 0.1) is 0 Å². The Balaban J connectivity index is 1.40. The highest BCUT2D eigenvalue weighted by atomic mass is 32.1. The minimum Gasteiger partial charge on any atom is -0.347 e. The molecule has 4 rings (SSSR count). The van der Waals surface area contributed by atoms with Gasteiger partial charge < -0.3 is 10.3 Å². The standard InChI is InChI=1S/C18H19N5OS/c24-18(17-2-1-7-23(17)9-15-8-19-11-20-15)22-14-5-3-13(4-6-14)16-10-25-12-21-16/h3-6,8,10-12,17H,1-2,7,9H2,(H,19,20)(H,22,24)/t17-/m0/s1. The molecule has 25 heavy (non-hydrogen) atoms. The SMILES string of the molecule is O=C(Nc1ccc(-c2cscn2)cc1)[C@@H]1CCCN1Cc1cnc[nH]1. The van der Waals surface area contributed by atoms with Gasteiger partial charge in [-0.1, -0.05) is 12.1 Å². The summed E-state index contributed by atoms with van der Waals surface area (Å²) in [5.74, 6) is 0.0541. The Kier molecular flexibility index (Phi) is 4.58. The second kappa shape index (κ2) is 7.16. The summed E-state index contributed by atoms with van der Waals surface area (Å²) in [5, 5.41) is 5.06. The number of rotatable bonds is 5. The molecule has 0 radical (unpaired) electrons. The number of carbonyl (C=O) groups is 1. The highest BCUT2D eigenvalue weighted by Gasteiger charge is 2.30. The summed E-state index contributed by atoms with van der Waals surface area (Å²) >= 11 is 1.57. The molecule has 1 fully saturated rings. The monoisotopic (exact) mass is 353 g/mol. The molecule has 1 atom stereocenters. The van der Waals surface area contributed by atoms with Gasteiger partial charge in [-0.25, -0.2) is 9.97 Å². The van der Waals surface area contributed by atoms with Gasteiger partial charge in [-0.2, -0.15) is 0 Å². The summed E-state index contributed by atoms with van der Waals surface area (Å²) in [7, 11) is 0. The number of anilines is 1. The van der Waals surface area contributed by atoms with E-state index in [0.29, 0.717) is 0 Å². The fourth-order valence-corrected chi connectivity index (χ4v) is 3.77. The molecule has 6 nitrogen and oxygen atoms in total. The van der Waals surface area contributed by atoms with Crippen LogP contribution in [0.25, 0.3) is 11.3 Å². The number of likely N-dealkylation sites (tertiary alicyclic amines) is 1. The van der Waals surface area contributed by atoms with E-state index in [0.717, 1.165) is 48.6 Å². The Labute approximate surface area is 149 Å². The molecule has 2 aromatic heterocycles. The Hall–Kier alpha value is -2.51. The molecule has 1 aliphatic heterocycles. The zero-order valence-electron chi connectivity index (χ0n) is 13.7. The Morgan fingerprint density at radius 3 is 2.96 bits per heavy atom. The van der Waals surface area contributed by atoms with Gasteiger partial charge in [0.2, 0.25) is 5.91 Å². The topological polar surface area (TPSA) is 73.9 Å². The maximum atomic E-state index is 12.7. The van der Waals surface area contributed by atoms with Gasteiger partial charge in [0.25, 0.3) is 0 Å². The van der Waals surface area contributed by atoms with Gasteiger partial charge in [0, 0.05) is 35.1 Å². The van der Waals surface area contributed by atoms with E-state index < -0.39 is 0 Å². The van der Waals surface area contributed by atoms with Crippen molar-refractivity contribution in [2.45, 2.75) is 25.4 Å².